The highest BCUT2D eigenvalue weighted by Gasteiger charge is 2.19. The van der Waals surface area contributed by atoms with Crippen LogP contribution in [0, 0.1) is 16.0 Å². The summed E-state index contributed by atoms with van der Waals surface area (Å²) in [4.78, 5) is 27.3. The van der Waals surface area contributed by atoms with E-state index in [4.69, 9.17) is 0 Å². The molecule has 1 amide bonds. The Kier molecular flexibility index (Phi) is 8.66. The van der Waals surface area contributed by atoms with Gasteiger partial charge in [-0.3, -0.25) is 19.9 Å². The van der Waals surface area contributed by atoms with Crippen molar-refractivity contribution in [3.8, 4) is 0 Å². The van der Waals surface area contributed by atoms with Gasteiger partial charge in [-0.15, -0.1) is 0 Å². The first-order valence-electron chi connectivity index (χ1n) is 8.78. The van der Waals surface area contributed by atoms with Gasteiger partial charge in [0.05, 0.1) is 17.0 Å². The summed E-state index contributed by atoms with van der Waals surface area (Å²) < 4.78 is 1.67. The molecule has 1 rings (SSSR count). The van der Waals surface area contributed by atoms with Gasteiger partial charge in [-0.2, -0.15) is 0 Å². The zero-order valence-corrected chi connectivity index (χ0v) is 15.5. The zero-order valence-electron chi connectivity index (χ0n) is 15.5. The van der Waals surface area contributed by atoms with Crippen molar-refractivity contribution in [2.45, 2.75) is 47.1 Å². The smallest absolute Gasteiger partial charge is 0.287 e. The molecule has 2 N–H and O–H groups in total. The van der Waals surface area contributed by atoms with Crippen LogP contribution in [0.25, 0.3) is 0 Å². The summed E-state index contributed by atoms with van der Waals surface area (Å²) in [7, 11) is 0. The third-order valence-corrected chi connectivity index (χ3v) is 3.65. The van der Waals surface area contributed by atoms with E-state index in [9.17, 15) is 14.9 Å². The number of carbonyl (C=O) groups is 1. The van der Waals surface area contributed by atoms with Crippen LogP contribution in [-0.2, 0) is 6.54 Å². The SMILES string of the molecule is CCN=C(CCNC(=O)c1cc([N+](=O)[O-])cn1CCC(C)C)NCC. The average Bonchev–Trinajstić information content (AvgIpc) is 2.98. The lowest BCUT2D eigenvalue weighted by Gasteiger charge is -2.11. The van der Waals surface area contributed by atoms with Crippen LogP contribution in [0.15, 0.2) is 17.3 Å². The fourth-order valence-corrected chi connectivity index (χ4v) is 2.37. The van der Waals surface area contributed by atoms with Crippen molar-refractivity contribution in [1.82, 2.24) is 15.2 Å². The lowest BCUT2D eigenvalue weighted by Crippen LogP contribution is -2.32. The van der Waals surface area contributed by atoms with Crippen molar-refractivity contribution < 1.29 is 9.72 Å². The maximum atomic E-state index is 12.4. The predicted molar refractivity (Wildman–Crippen MR) is 99.1 cm³/mol. The van der Waals surface area contributed by atoms with Gasteiger partial charge < -0.3 is 15.2 Å². The number of aryl methyl sites for hydroxylation is 1. The summed E-state index contributed by atoms with van der Waals surface area (Å²) in [6.45, 7) is 10.6. The summed E-state index contributed by atoms with van der Waals surface area (Å²) in [6, 6.07) is 1.33. The van der Waals surface area contributed by atoms with Gasteiger partial charge in [-0.1, -0.05) is 13.8 Å². The second-order valence-corrected chi connectivity index (χ2v) is 6.17. The van der Waals surface area contributed by atoms with Crippen molar-refractivity contribution in [2.24, 2.45) is 10.9 Å². The molecule has 0 aliphatic carbocycles. The van der Waals surface area contributed by atoms with Crippen molar-refractivity contribution in [1.29, 1.82) is 0 Å². The molecular formula is C17H29N5O3. The standard InChI is InChI=1S/C17H29N5O3/c1-5-18-16(19-6-2)7-9-20-17(23)15-11-14(22(24)25)12-21(15)10-8-13(3)4/h11-13H,5-10H2,1-4H3,(H,18,19)(H,20,23). The highest BCUT2D eigenvalue weighted by atomic mass is 16.6. The first kappa shape index (κ1) is 20.7. The molecule has 8 heteroatoms. The Morgan fingerprint density at radius 2 is 2.08 bits per heavy atom. The fourth-order valence-electron chi connectivity index (χ4n) is 2.37. The van der Waals surface area contributed by atoms with E-state index in [0.717, 1.165) is 18.8 Å². The Bertz CT molecular complexity index is 607. The number of aromatic nitrogens is 1. The number of amides is 1. The minimum atomic E-state index is -0.472. The topological polar surface area (TPSA) is 102 Å². The van der Waals surface area contributed by atoms with E-state index in [2.05, 4.69) is 29.5 Å². The normalized spacial score (nSPS) is 11.6. The highest BCUT2D eigenvalue weighted by Crippen LogP contribution is 2.18. The predicted octanol–water partition coefficient (Wildman–Crippen LogP) is 2.59. The van der Waals surface area contributed by atoms with Crippen molar-refractivity contribution in [3.05, 3.63) is 28.1 Å². The van der Waals surface area contributed by atoms with Gasteiger partial charge in [-0.25, -0.2) is 0 Å². The zero-order chi connectivity index (χ0) is 18.8. The molecular weight excluding hydrogens is 322 g/mol. The second kappa shape index (κ2) is 10.5. The number of amidine groups is 1. The number of nitrogens with zero attached hydrogens (tertiary/aromatic N) is 3. The maximum Gasteiger partial charge on any atom is 0.287 e. The highest BCUT2D eigenvalue weighted by molar-refractivity contribution is 5.94. The summed E-state index contributed by atoms with van der Waals surface area (Å²) in [5.74, 6) is 1.00. The molecule has 140 valence electrons. The molecule has 8 nitrogen and oxygen atoms in total. The Morgan fingerprint density at radius 3 is 2.64 bits per heavy atom. The van der Waals surface area contributed by atoms with Gasteiger partial charge in [0.1, 0.15) is 5.69 Å². The van der Waals surface area contributed by atoms with Gasteiger partial charge in [-0.05, 0) is 26.2 Å². The molecule has 1 heterocycles. The summed E-state index contributed by atoms with van der Waals surface area (Å²) in [5.41, 5.74) is 0.263. The van der Waals surface area contributed by atoms with E-state index in [1.165, 1.54) is 12.3 Å². The molecule has 0 bridgehead atoms. The van der Waals surface area contributed by atoms with Crippen LogP contribution in [0.2, 0.25) is 0 Å². The molecule has 1 aromatic heterocycles. The lowest BCUT2D eigenvalue weighted by atomic mass is 10.1. The number of aliphatic imine (C=N–C) groups is 1. The van der Waals surface area contributed by atoms with Crippen LogP contribution >= 0.6 is 0 Å². The molecule has 0 aliphatic rings. The average molecular weight is 351 g/mol. The number of rotatable bonds is 10. The summed E-state index contributed by atoms with van der Waals surface area (Å²) in [6.07, 6.45) is 2.88. The monoisotopic (exact) mass is 351 g/mol. The Balaban J connectivity index is 2.75. The fraction of sp³-hybridized carbons (Fsp3) is 0.647. The van der Waals surface area contributed by atoms with E-state index in [1.54, 1.807) is 4.57 Å². The summed E-state index contributed by atoms with van der Waals surface area (Å²) >= 11 is 0. The van der Waals surface area contributed by atoms with E-state index in [-0.39, 0.29) is 11.6 Å². The molecule has 0 atom stereocenters. The van der Waals surface area contributed by atoms with Crippen LogP contribution in [0.4, 0.5) is 5.69 Å². The van der Waals surface area contributed by atoms with Gasteiger partial charge in [0.25, 0.3) is 11.6 Å². The van der Waals surface area contributed by atoms with Crippen LogP contribution < -0.4 is 10.6 Å². The molecule has 0 fully saturated rings. The molecule has 0 saturated heterocycles. The quantitative estimate of drug-likeness (QED) is 0.293. The van der Waals surface area contributed by atoms with Gasteiger partial charge in [0, 0.05) is 38.7 Å². The number of carbonyl (C=O) groups excluding carboxylic acids is 1. The van der Waals surface area contributed by atoms with Crippen LogP contribution in [0.3, 0.4) is 0 Å². The Hall–Kier alpha value is -2.38. The molecule has 0 radical (unpaired) electrons. The van der Waals surface area contributed by atoms with Crippen molar-refractivity contribution in [3.63, 3.8) is 0 Å². The van der Waals surface area contributed by atoms with E-state index in [1.807, 2.05) is 13.8 Å². The number of nitrogens with one attached hydrogen (secondary N) is 2. The molecule has 1 aromatic rings. The van der Waals surface area contributed by atoms with Crippen LogP contribution in [0.1, 0.15) is 51.0 Å². The van der Waals surface area contributed by atoms with Crippen LogP contribution in [0.5, 0.6) is 0 Å². The van der Waals surface area contributed by atoms with Gasteiger partial charge in [0.15, 0.2) is 0 Å². The Morgan fingerprint density at radius 1 is 1.36 bits per heavy atom. The maximum absolute atomic E-state index is 12.4. The third kappa shape index (κ3) is 6.94. The van der Waals surface area contributed by atoms with E-state index >= 15 is 0 Å². The molecule has 0 aliphatic heterocycles. The minimum Gasteiger partial charge on any atom is -0.374 e. The Labute approximate surface area is 148 Å². The van der Waals surface area contributed by atoms with Gasteiger partial charge in [0.2, 0.25) is 0 Å². The number of hydrogen-bond donors (Lipinski definition) is 2. The van der Waals surface area contributed by atoms with Gasteiger partial charge >= 0.3 is 0 Å². The number of nitro groups is 1. The van der Waals surface area contributed by atoms with Crippen LogP contribution in [-0.4, -0.2) is 40.9 Å². The summed E-state index contributed by atoms with van der Waals surface area (Å²) in [5, 5.41) is 17.0. The first-order valence-corrected chi connectivity index (χ1v) is 8.78. The third-order valence-electron chi connectivity index (χ3n) is 3.65. The van der Waals surface area contributed by atoms with Crippen molar-refractivity contribution in [2.75, 3.05) is 19.6 Å². The van der Waals surface area contributed by atoms with E-state index < -0.39 is 4.92 Å². The molecule has 0 spiro atoms. The lowest BCUT2D eigenvalue weighted by molar-refractivity contribution is -0.384. The second-order valence-electron chi connectivity index (χ2n) is 6.17. The van der Waals surface area contributed by atoms with Crippen molar-refractivity contribution >= 4 is 17.4 Å². The van der Waals surface area contributed by atoms with E-state index in [0.29, 0.717) is 37.7 Å². The molecule has 0 unspecified atom stereocenters. The molecule has 0 saturated carbocycles. The first-order chi connectivity index (χ1) is 11.9. The minimum absolute atomic E-state index is 0.0604. The molecule has 0 aromatic carbocycles. The molecule has 25 heavy (non-hydrogen) atoms. The largest absolute Gasteiger partial charge is 0.374 e. The number of hydrogen-bond acceptors (Lipinski definition) is 4.